The van der Waals surface area contributed by atoms with E-state index in [0.29, 0.717) is 19.5 Å². The standard InChI is InChI=1S/C25H34N2O3/c28-23(16-6-11-19-9-2-1-3-10-19)26-17-8-15-22(26)25(30)27-18-7-14-21(27)24(29)20-12-4-5-13-20/h1-3,9-10,20-22H,4-8,11-18H2/t21-,22-/m0/s1. The molecule has 0 unspecified atom stereocenters. The van der Waals surface area contributed by atoms with Crippen molar-refractivity contribution in [1.29, 1.82) is 0 Å². The maximum absolute atomic E-state index is 13.4. The fourth-order valence-electron chi connectivity index (χ4n) is 5.55. The van der Waals surface area contributed by atoms with E-state index in [1.54, 1.807) is 4.90 Å². The largest absolute Gasteiger partial charge is 0.331 e. The zero-order chi connectivity index (χ0) is 20.9. The molecule has 1 saturated carbocycles. The van der Waals surface area contributed by atoms with Crippen LogP contribution in [0.1, 0.15) is 69.8 Å². The lowest BCUT2D eigenvalue weighted by Gasteiger charge is -2.32. The molecule has 2 atom stereocenters. The molecule has 1 aromatic carbocycles. The molecule has 0 N–H and O–H groups in total. The Morgan fingerprint density at radius 2 is 1.47 bits per heavy atom. The van der Waals surface area contributed by atoms with Gasteiger partial charge in [-0.25, -0.2) is 0 Å². The molecular weight excluding hydrogens is 376 g/mol. The molecule has 4 rings (SSSR count). The van der Waals surface area contributed by atoms with Gasteiger partial charge < -0.3 is 9.80 Å². The molecule has 3 fully saturated rings. The number of rotatable bonds is 7. The van der Waals surface area contributed by atoms with E-state index in [0.717, 1.165) is 64.2 Å². The lowest BCUT2D eigenvalue weighted by atomic mass is 9.95. The van der Waals surface area contributed by atoms with Crippen molar-refractivity contribution >= 4 is 17.6 Å². The van der Waals surface area contributed by atoms with Crippen molar-refractivity contribution in [3.63, 3.8) is 0 Å². The van der Waals surface area contributed by atoms with E-state index < -0.39 is 0 Å². The Labute approximate surface area is 179 Å². The normalized spacial score (nSPS) is 24.5. The Kier molecular flexibility index (Phi) is 6.86. The average molecular weight is 411 g/mol. The molecule has 3 aliphatic rings. The van der Waals surface area contributed by atoms with Gasteiger partial charge in [-0.3, -0.25) is 14.4 Å². The zero-order valence-electron chi connectivity index (χ0n) is 17.9. The van der Waals surface area contributed by atoms with Gasteiger partial charge in [0, 0.05) is 25.4 Å². The number of aryl methyl sites for hydroxylation is 1. The smallest absolute Gasteiger partial charge is 0.245 e. The van der Waals surface area contributed by atoms with Crippen LogP contribution in [-0.4, -0.2) is 52.6 Å². The van der Waals surface area contributed by atoms with Gasteiger partial charge in [-0.1, -0.05) is 43.2 Å². The molecule has 2 saturated heterocycles. The number of nitrogens with zero attached hydrogens (tertiary/aromatic N) is 2. The van der Waals surface area contributed by atoms with Crippen molar-refractivity contribution < 1.29 is 14.4 Å². The molecule has 162 valence electrons. The summed E-state index contributed by atoms with van der Waals surface area (Å²) < 4.78 is 0. The Morgan fingerprint density at radius 1 is 0.800 bits per heavy atom. The van der Waals surface area contributed by atoms with Gasteiger partial charge in [0.2, 0.25) is 11.8 Å². The number of ketones is 1. The number of carbonyl (C=O) groups excluding carboxylic acids is 3. The van der Waals surface area contributed by atoms with E-state index in [-0.39, 0.29) is 35.6 Å². The summed E-state index contributed by atoms with van der Waals surface area (Å²) in [5.74, 6) is 0.511. The lowest BCUT2D eigenvalue weighted by Crippen LogP contribution is -2.51. The first kappa shape index (κ1) is 21.1. The molecule has 2 heterocycles. The highest BCUT2D eigenvalue weighted by Crippen LogP contribution is 2.32. The summed E-state index contributed by atoms with van der Waals surface area (Å²) in [6.45, 7) is 1.32. The molecular formula is C25H34N2O3. The number of hydrogen-bond donors (Lipinski definition) is 0. The van der Waals surface area contributed by atoms with E-state index in [9.17, 15) is 14.4 Å². The van der Waals surface area contributed by atoms with Crippen molar-refractivity contribution in [2.75, 3.05) is 13.1 Å². The molecule has 2 aliphatic heterocycles. The van der Waals surface area contributed by atoms with Crippen molar-refractivity contribution in [3.8, 4) is 0 Å². The van der Waals surface area contributed by atoms with Gasteiger partial charge in [-0.15, -0.1) is 0 Å². The van der Waals surface area contributed by atoms with Crippen LogP contribution in [0, 0.1) is 5.92 Å². The molecule has 0 bridgehead atoms. The summed E-state index contributed by atoms with van der Waals surface area (Å²) >= 11 is 0. The minimum absolute atomic E-state index is 0.0118. The van der Waals surface area contributed by atoms with Crippen molar-refractivity contribution in [3.05, 3.63) is 35.9 Å². The van der Waals surface area contributed by atoms with E-state index in [2.05, 4.69) is 12.1 Å². The van der Waals surface area contributed by atoms with Crippen LogP contribution in [0.3, 0.4) is 0 Å². The van der Waals surface area contributed by atoms with Crippen molar-refractivity contribution in [2.24, 2.45) is 5.92 Å². The van der Waals surface area contributed by atoms with Gasteiger partial charge in [0.1, 0.15) is 6.04 Å². The van der Waals surface area contributed by atoms with Crippen LogP contribution in [-0.2, 0) is 20.8 Å². The Balaban J connectivity index is 1.34. The fraction of sp³-hybridized carbons (Fsp3) is 0.640. The van der Waals surface area contributed by atoms with Crippen LogP contribution in [0.4, 0.5) is 0 Å². The highest BCUT2D eigenvalue weighted by molar-refractivity contribution is 5.94. The highest BCUT2D eigenvalue weighted by atomic mass is 16.2. The fourth-order valence-corrected chi connectivity index (χ4v) is 5.55. The molecule has 1 aromatic rings. The maximum Gasteiger partial charge on any atom is 0.245 e. The quantitative estimate of drug-likeness (QED) is 0.688. The molecule has 30 heavy (non-hydrogen) atoms. The molecule has 5 nitrogen and oxygen atoms in total. The second-order valence-corrected chi connectivity index (χ2v) is 9.16. The van der Waals surface area contributed by atoms with E-state index in [1.165, 1.54) is 5.56 Å². The minimum Gasteiger partial charge on any atom is -0.331 e. The van der Waals surface area contributed by atoms with Gasteiger partial charge in [0.25, 0.3) is 0 Å². The maximum atomic E-state index is 13.4. The molecule has 5 heteroatoms. The third kappa shape index (κ3) is 4.60. The van der Waals surface area contributed by atoms with Crippen LogP contribution in [0.15, 0.2) is 30.3 Å². The average Bonchev–Trinajstić information content (AvgIpc) is 3.55. The lowest BCUT2D eigenvalue weighted by molar-refractivity contribution is -0.146. The van der Waals surface area contributed by atoms with E-state index >= 15 is 0 Å². The molecule has 1 aliphatic carbocycles. The minimum atomic E-state index is -0.369. The molecule has 0 radical (unpaired) electrons. The van der Waals surface area contributed by atoms with Gasteiger partial charge >= 0.3 is 0 Å². The summed E-state index contributed by atoms with van der Waals surface area (Å²) in [5, 5.41) is 0. The Bertz CT molecular complexity index is 757. The van der Waals surface area contributed by atoms with Crippen molar-refractivity contribution in [1.82, 2.24) is 9.80 Å². The summed E-state index contributed by atoms with van der Waals surface area (Å²) in [6, 6.07) is 9.58. The molecule has 2 amide bonds. The first-order valence-corrected chi connectivity index (χ1v) is 11.8. The third-order valence-corrected chi connectivity index (χ3v) is 7.18. The Morgan fingerprint density at radius 3 is 2.20 bits per heavy atom. The summed E-state index contributed by atoms with van der Waals surface area (Å²) in [6.07, 6.45) is 9.65. The monoisotopic (exact) mass is 410 g/mol. The van der Waals surface area contributed by atoms with Crippen LogP contribution >= 0.6 is 0 Å². The zero-order valence-corrected chi connectivity index (χ0v) is 17.9. The topological polar surface area (TPSA) is 57.7 Å². The van der Waals surface area contributed by atoms with Crippen LogP contribution in [0.5, 0.6) is 0 Å². The first-order valence-electron chi connectivity index (χ1n) is 11.8. The third-order valence-electron chi connectivity index (χ3n) is 7.18. The number of carbonyl (C=O) groups is 3. The van der Waals surface area contributed by atoms with Gasteiger partial charge in [0.15, 0.2) is 5.78 Å². The van der Waals surface area contributed by atoms with Gasteiger partial charge in [0.05, 0.1) is 6.04 Å². The second kappa shape index (κ2) is 9.76. The van der Waals surface area contributed by atoms with Crippen LogP contribution < -0.4 is 0 Å². The number of benzene rings is 1. The number of hydrogen-bond acceptors (Lipinski definition) is 3. The first-order chi connectivity index (χ1) is 14.6. The number of likely N-dealkylation sites (tertiary alicyclic amines) is 2. The Hall–Kier alpha value is -2.17. The van der Waals surface area contributed by atoms with Crippen LogP contribution in [0.2, 0.25) is 0 Å². The van der Waals surface area contributed by atoms with Gasteiger partial charge in [-0.2, -0.15) is 0 Å². The number of Topliss-reactive ketones (excluding diaryl/α,β-unsaturated/α-hetero) is 1. The predicted octanol–water partition coefficient (Wildman–Crippen LogP) is 3.75. The predicted molar refractivity (Wildman–Crippen MR) is 116 cm³/mol. The summed E-state index contributed by atoms with van der Waals surface area (Å²) in [5.41, 5.74) is 1.24. The van der Waals surface area contributed by atoms with Crippen LogP contribution in [0.25, 0.3) is 0 Å². The van der Waals surface area contributed by atoms with Gasteiger partial charge in [-0.05, 0) is 56.9 Å². The summed E-state index contributed by atoms with van der Waals surface area (Å²) in [4.78, 5) is 42.9. The highest BCUT2D eigenvalue weighted by Gasteiger charge is 2.43. The second-order valence-electron chi connectivity index (χ2n) is 9.16. The summed E-state index contributed by atoms with van der Waals surface area (Å²) in [7, 11) is 0. The van der Waals surface area contributed by atoms with Crippen molar-refractivity contribution in [2.45, 2.75) is 82.7 Å². The molecule has 0 spiro atoms. The molecule has 0 aromatic heterocycles. The number of amides is 2. The van der Waals surface area contributed by atoms with E-state index in [1.807, 2.05) is 23.1 Å². The van der Waals surface area contributed by atoms with E-state index in [4.69, 9.17) is 0 Å². The SMILES string of the molecule is O=C(C1CCCC1)[C@@H]1CCCN1C(=O)[C@@H]1CCCN1C(=O)CCCc1ccccc1.